The van der Waals surface area contributed by atoms with E-state index in [2.05, 4.69) is 31.8 Å². The first-order valence-electron chi connectivity index (χ1n) is 7.20. The largest absolute Gasteiger partial charge is 0.355 e. The van der Waals surface area contributed by atoms with Crippen molar-refractivity contribution in [3.8, 4) is 0 Å². The van der Waals surface area contributed by atoms with E-state index in [1.54, 1.807) is 22.2 Å². The zero-order chi connectivity index (χ0) is 15.7. The summed E-state index contributed by atoms with van der Waals surface area (Å²) in [4.78, 5) is 20.7. The summed E-state index contributed by atoms with van der Waals surface area (Å²) in [7, 11) is 0. The molecule has 3 heterocycles. The van der Waals surface area contributed by atoms with Gasteiger partial charge in [0.25, 0.3) is 5.56 Å². The number of fused-ring (bicyclic) bond motifs is 1. The highest BCUT2D eigenvalue weighted by Gasteiger charge is 2.19. The van der Waals surface area contributed by atoms with E-state index >= 15 is 0 Å². The minimum Gasteiger partial charge on any atom is -0.355 e. The van der Waals surface area contributed by atoms with Gasteiger partial charge in [0.2, 0.25) is 5.95 Å². The molecule has 0 radical (unpaired) electrons. The summed E-state index contributed by atoms with van der Waals surface area (Å²) in [6.07, 6.45) is 2.47. The topological polar surface area (TPSA) is 75.6 Å². The molecule has 3 aromatic heterocycles. The predicted octanol–water partition coefficient (Wildman–Crippen LogP) is 2.59. The quantitative estimate of drug-likeness (QED) is 0.775. The fourth-order valence-electron chi connectivity index (χ4n) is 2.25. The van der Waals surface area contributed by atoms with Crippen molar-refractivity contribution in [3.05, 3.63) is 38.9 Å². The van der Waals surface area contributed by atoms with Crippen LogP contribution >= 0.6 is 11.3 Å². The molecule has 0 aliphatic carbocycles. The van der Waals surface area contributed by atoms with Crippen LogP contribution in [0.5, 0.6) is 0 Å². The van der Waals surface area contributed by atoms with Gasteiger partial charge in [-0.1, -0.05) is 6.07 Å². The van der Waals surface area contributed by atoms with Crippen LogP contribution in [0, 0.1) is 0 Å². The highest BCUT2D eigenvalue weighted by Crippen LogP contribution is 2.18. The van der Waals surface area contributed by atoms with Crippen LogP contribution in [0.2, 0.25) is 0 Å². The first-order chi connectivity index (χ1) is 10.4. The number of hydrogen-bond donors (Lipinski definition) is 2. The molecule has 0 bridgehead atoms. The Kier molecular flexibility index (Phi) is 3.74. The van der Waals surface area contributed by atoms with Gasteiger partial charge in [0.05, 0.1) is 11.7 Å². The number of H-pyrrole nitrogens is 1. The fourth-order valence-corrected chi connectivity index (χ4v) is 2.96. The van der Waals surface area contributed by atoms with Gasteiger partial charge in [0.15, 0.2) is 5.65 Å². The van der Waals surface area contributed by atoms with E-state index in [0.29, 0.717) is 17.0 Å². The molecule has 0 saturated carbocycles. The van der Waals surface area contributed by atoms with E-state index in [1.165, 1.54) is 4.88 Å². The van der Waals surface area contributed by atoms with Crippen molar-refractivity contribution in [2.75, 3.05) is 11.9 Å². The molecule has 0 atom stereocenters. The molecule has 2 N–H and O–H groups in total. The van der Waals surface area contributed by atoms with Gasteiger partial charge < -0.3 is 5.32 Å². The Morgan fingerprint density at radius 2 is 2.23 bits per heavy atom. The molecule has 3 rings (SSSR count). The second kappa shape index (κ2) is 5.57. The zero-order valence-electron chi connectivity index (χ0n) is 12.9. The SMILES string of the molecule is CC(C)(C)n1ncc2c(=O)[nH]c(NCCc3cccs3)nc21. The van der Waals surface area contributed by atoms with Crippen LogP contribution in [0.15, 0.2) is 28.5 Å². The number of anilines is 1. The first kappa shape index (κ1) is 14.8. The average molecular weight is 317 g/mol. The Balaban J connectivity index is 1.86. The lowest BCUT2D eigenvalue weighted by atomic mass is 10.1. The normalized spacial score (nSPS) is 12.0. The van der Waals surface area contributed by atoms with Crippen molar-refractivity contribution < 1.29 is 0 Å². The number of nitrogens with zero attached hydrogens (tertiary/aromatic N) is 3. The van der Waals surface area contributed by atoms with Gasteiger partial charge in [0, 0.05) is 11.4 Å². The third-order valence-corrected chi connectivity index (χ3v) is 4.25. The third kappa shape index (κ3) is 2.89. The van der Waals surface area contributed by atoms with Gasteiger partial charge in [-0.2, -0.15) is 10.1 Å². The molecule has 0 amide bonds. The van der Waals surface area contributed by atoms with Crippen molar-refractivity contribution in [1.29, 1.82) is 0 Å². The van der Waals surface area contributed by atoms with E-state index in [0.717, 1.165) is 13.0 Å². The summed E-state index contributed by atoms with van der Waals surface area (Å²) >= 11 is 1.72. The zero-order valence-corrected chi connectivity index (χ0v) is 13.7. The number of hydrogen-bond acceptors (Lipinski definition) is 5. The molecule has 22 heavy (non-hydrogen) atoms. The Labute approximate surface area is 132 Å². The summed E-state index contributed by atoms with van der Waals surface area (Å²) in [6, 6.07) is 4.13. The maximum Gasteiger partial charge on any atom is 0.263 e. The summed E-state index contributed by atoms with van der Waals surface area (Å²) in [6.45, 7) is 6.82. The minimum atomic E-state index is -0.225. The smallest absolute Gasteiger partial charge is 0.263 e. The summed E-state index contributed by atoms with van der Waals surface area (Å²) < 4.78 is 1.78. The Morgan fingerprint density at radius 1 is 1.41 bits per heavy atom. The highest BCUT2D eigenvalue weighted by molar-refractivity contribution is 7.09. The van der Waals surface area contributed by atoms with Crippen LogP contribution in [0.1, 0.15) is 25.6 Å². The van der Waals surface area contributed by atoms with Gasteiger partial charge in [-0.05, 0) is 38.6 Å². The summed E-state index contributed by atoms with van der Waals surface area (Å²) in [5.41, 5.74) is 0.213. The van der Waals surface area contributed by atoms with Gasteiger partial charge in [-0.15, -0.1) is 11.3 Å². The molecule has 0 aliphatic heterocycles. The summed E-state index contributed by atoms with van der Waals surface area (Å²) in [5.74, 6) is 0.486. The minimum absolute atomic E-state index is 0.167. The van der Waals surface area contributed by atoms with E-state index in [9.17, 15) is 4.79 Å². The molecule has 0 fully saturated rings. The summed E-state index contributed by atoms with van der Waals surface area (Å²) in [5, 5.41) is 10.1. The van der Waals surface area contributed by atoms with Crippen molar-refractivity contribution in [2.24, 2.45) is 0 Å². The van der Waals surface area contributed by atoms with Crippen molar-refractivity contribution in [2.45, 2.75) is 32.7 Å². The van der Waals surface area contributed by atoms with Crippen LogP contribution in [0.4, 0.5) is 5.95 Å². The average Bonchev–Trinajstić information content (AvgIpc) is 3.06. The molecule has 0 unspecified atom stereocenters. The number of aromatic nitrogens is 4. The maximum absolute atomic E-state index is 12.1. The Bertz CT molecular complexity index is 826. The molecule has 0 aromatic carbocycles. The molecule has 3 aromatic rings. The van der Waals surface area contributed by atoms with E-state index in [1.807, 2.05) is 26.8 Å². The first-order valence-corrected chi connectivity index (χ1v) is 8.08. The van der Waals surface area contributed by atoms with Gasteiger partial charge in [-0.25, -0.2) is 4.68 Å². The van der Waals surface area contributed by atoms with Crippen molar-refractivity contribution >= 4 is 28.3 Å². The van der Waals surface area contributed by atoms with Gasteiger partial charge >= 0.3 is 0 Å². The number of nitrogens with one attached hydrogen (secondary N) is 2. The number of aromatic amines is 1. The second-order valence-electron chi connectivity index (χ2n) is 6.14. The third-order valence-electron chi connectivity index (χ3n) is 3.32. The number of thiophene rings is 1. The standard InChI is InChI=1S/C15H19N5OS/c1-15(2,3)20-12-11(9-17-20)13(21)19-14(18-12)16-7-6-10-5-4-8-22-10/h4-5,8-9H,6-7H2,1-3H3,(H2,16,18,19,21). The Hall–Kier alpha value is -2.15. The van der Waals surface area contributed by atoms with E-state index in [-0.39, 0.29) is 11.1 Å². The monoisotopic (exact) mass is 317 g/mol. The Morgan fingerprint density at radius 3 is 2.91 bits per heavy atom. The molecule has 0 spiro atoms. The molecule has 0 saturated heterocycles. The van der Waals surface area contributed by atoms with E-state index < -0.39 is 0 Å². The number of rotatable bonds is 4. The molecular formula is C15H19N5OS. The van der Waals surface area contributed by atoms with Crippen LogP contribution in [-0.2, 0) is 12.0 Å². The van der Waals surface area contributed by atoms with Crippen LogP contribution in [0.3, 0.4) is 0 Å². The molecule has 116 valence electrons. The molecular weight excluding hydrogens is 298 g/mol. The lowest BCUT2D eigenvalue weighted by Crippen LogP contribution is -2.24. The van der Waals surface area contributed by atoms with E-state index in [4.69, 9.17) is 0 Å². The molecule has 6 nitrogen and oxygen atoms in total. The molecule has 0 aliphatic rings. The lowest BCUT2D eigenvalue weighted by Gasteiger charge is -2.19. The van der Waals surface area contributed by atoms with Crippen LogP contribution in [0.25, 0.3) is 11.0 Å². The van der Waals surface area contributed by atoms with Gasteiger partial charge in [-0.3, -0.25) is 9.78 Å². The van der Waals surface area contributed by atoms with Gasteiger partial charge in [0.1, 0.15) is 5.39 Å². The van der Waals surface area contributed by atoms with Crippen LogP contribution in [-0.4, -0.2) is 26.3 Å². The van der Waals surface area contributed by atoms with Crippen LogP contribution < -0.4 is 10.9 Å². The molecule has 7 heteroatoms. The lowest BCUT2D eigenvalue weighted by molar-refractivity contribution is 0.366. The fraction of sp³-hybridized carbons (Fsp3) is 0.400. The maximum atomic E-state index is 12.1. The van der Waals surface area contributed by atoms with Crippen molar-refractivity contribution in [1.82, 2.24) is 19.7 Å². The predicted molar refractivity (Wildman–Crippen MR) is 89.7 cm³/mol. The van der Waals surface area contributed by atoms with Crippen molar-refractivity contribution in [3.63, 3.8) is 0 Å². The highest BCUT2D eigenvalue weighted by atomic mass is 32.1. The second-order valence-corrected chi connectivity index (χ2v) is 7.17.